The van der Waals surface area contributed by atoms with Gasteiger partial charge < -0.3 is 27.4 Å². The summed E-state index contributed by atoms with van der Waals surface area (Å²) in [7, 11) is 1.45. The summed E-state index contributed by atoms with van der Waals surface area (Å²) in [6.07, 6.45) is 4.08. The number of carbonyl (C=O) groups excluding carboxylic acids is 4. The molecule has 0 bridgehead atoms. The second-order valence-electron chi connectivity index (χ2n) is 7.95. The molecule has 2 aromatic rings. The van der Waals surface area contributed by atoms with E-state index in [0.29, 0.717) is 0 Å². The number of nitrogens with one attached hydrogen (secondary N) is 3. The van der Waals surface area contributed by atoms with E-state index >= 15 is 0 Å². The fraction of sp³-hybridized carbons (Fsp3) is 0.444. The van der Waals surface area contributed by atoms with E-state index in [1.165, 1.54) is 13.5 Å². The van der Waals surface area contributed by atoms with Crippen LogP contribution in [0, 0.1) is 0 Å². The zero-order valence-electron chi connectivity index (χ0n) is 22.5. The quantitative estimate of drug-likeness (QED) is 0.306. The first-order valence-electron chi connectivity index (χ1n) is 12.5. The molecule has 4 amide bonds. The van der Waals surface area contributed by atoms with E-state index < -0.39 is 48.2 Å². The highest BCUT2D eigenvalue weighted by atomic mass is 16.2. The molecule has 0 saturated heterocycles. The largest absolute Gasteiger partial charge is 0.370 e. The van der Waals surface area contributed by atoms with Crippen LogP contribution in [0.2, 0.25) is 0 Å². The van der Waals surface area contributed by atoms with Crippen molar-refractivity contribution in [2.75, 3.05) is 7.05 Å². The van der Waals surface area contributed by atoms with Crippen LogP contribution >= 0.6 is 0 Å². The topological polar surface area (TPSA) is 169 Å². The average Bonchev–Trinajstić information content (AvgIpc) is 2.89. The molecule has 2 rings (SSSR count). The molecule has 3 atom stereocenters. The number of likely N-dealkylation sites (N-methyl/N-ethyl adjacent to an activating group) is 1. The van der Waals surface area contributed by atoms with Crippen LogP contribution in [0.5, 0.6) is 0 Å². The maximum absolute atomic E-state index is 12.8. The van der Waals surface area contributed by atoms with E-state index in [9.17, 15) is 19.2 Å². The molecule has 0 aliphatic carbocycles. The fourth-order valence-electron chi connectivity index (χ4n) is 3.09. The number of benzene rings is 1. The Hall–Kier alpha value is -3.79. The predicted molar refractivity (Wildman–Crippen MR) is 145 cm³/mol. The molecule has 7 N–H and O–H groups in total. The molecule has 0 aliphatic heterocycles. The van der Waals surface area contributed by atoms with E-state index in [1.54, 1.807) is 48.8 Å². The second kappa shape index (κ2) is 19.4. The number of rotatable bonds is 11. The molecule has 10 heteroatoms. The highest BCUT2D eigenvalue weighted by molar-refractivity contribution is 5.94. The van der Waals surface area contributed by atoms with Crippen molar-refractivity contribution in [1.29, 1.82) is 0 Å². The molecule has 37 heavy (non-hydrogen) atoms. The molecule has 0 saturated carbocycles. The summed E-state index contributed by atoms with van der Waals surface area (Å²) >= 11 is 0. The van der Waals surface area contributed by atoms with Gasteiger partial charge in [-0.15, -0.1) is 0 Å². The van der Waals surface area contributed by atoms with Crippen molar-refractivity contribution in [2.24, 2.45) is 11.5 Å². The maximum atomic E-state index is 12.8. The summed E-state index contributed by atoms with van der Waals surface area (Å²) in [4.78, 5) is 53.0. The molecule has 0 fully saturated rings. The molecule has 10 nitrogen and oxygen atoms in total. The van der Waals surface area contributed by atoms with Crippen LogP contribution in [0.1, 0.15) is 64.1 Å². The first-order chi connectivity index (χ1) is 17.7. The smallest absolute Gasteiger partial charge is 0.243 e. The molecule has 1 aromatic heterocycles. The monoisotopic (exact) mass is 514 g/mol. The SMILES string of the molecule is CC.CCC.CNC(=O)[C@H](Cc1ccncc1)NC(=O)[C@H](CC(N)=O)NC(=O)CC(N)c1ccccc1. The van der Waals surface area contributed by atoms with Crippen molar-refractivity contribution in [3.8, 4) is 0 Å². The number of carbonyl (C=O) groups is 4. The molecular weight excluding hydrogens is 472 g/mol. The summed E-state index contributed by atoms with van der Waals surface area (Å²) in [6.45, 7) is 8.25. The summed E-state index contributed by atoms with van der Waals surface area (Å²) in [5.74, 6) is -2.42. The third-order valence-corrected chi connectivity index (χ3v) is 4.76. The zero-order valence-corrected chi connectivity index (χ0v) is 22.5. The van der Waals surface area contributed by atoms with Gasteiger partial charge in [-0.05, 0) is 23.3 Å². The number of nitrogens with zero attached hydrogens (tertiary/aromatic N) is 1. The van der Waals surface area contributed by atoms with Crippen molar-refractivity contribution in [3.63, 3.8) is 0 Å². The fourth-order valence-corrected chi connectivity index (χ4v) is 3.09. The number of pyridine rings is 1. The van der Waals surface area contributed by atoms with Crippen LogP contribution < -0.4 is 27.4 Å². The Kier molecular flexibility index (Phi) is 17.4. The van der Waals surface area contributed by atoms with Crippen LogP contribution in [0.3, 0.4) is 0 Å². The minimum Gasteiger partial charge on any atom is -0.370 e. The molecule has 204 valence electrons. The van der Waals surface area contributed by atoms with Gasteiger partial charge in [0.15, 0.2) is 0 Å². The lowest BCUT2D eigenvalue weighted by molar-refractivity contribution is -0.133. The minimum atomic E-state index is -1.24. The Morgan fingerprint density at radius 2 is 1.43 bits per heavy atom. The average molecular weight is 515 g/mol. The van der Waals surface area contributed by atoms with Gasteiger partial charge in [-0.1, -0.05) is 64.4 Å². The van der Waals surface area contributed by atoms with Crippen LogP contribution in [-0.2, 0) is 25.6 Å². The highest BCUT2D eigenvalue weighted by Crippen LogP contribution is 2.13. The third-order valence-electron chi connectivity index (χ3n) is 4.76. The summed E-state index contributed by atoms with van der Waals surface area (Å²) < 4.78 is 0. The van der Waals surface area contributed by atoms with Crippen molar-refractivity contribution >= 4 is 23.6 Å². The van der Waals surface area contributed by atoms with Crippen LogP contribution in [0.15, 0.2) is 54.9 Å². The van der Waals surface area contributed by atoms with Gasteiger partial charge >= 0.3 is 0 Å². The van der Waals surface area contributed by atoms with Crippen molar-refractivity contribution < 1.29 is 19.2 Å². The lowest BCUT2D eigenvalue weighted by Crippen LogP contribution is -2.55. The Labute approximate surface area is 220 Å². The van der Waals surface area contributed by atoms with Crippen molar-refractivity contribution in [3.05, 3.63) is 66.0 Å². The Bertz CT molecular complexity index is 940. The summed E-state index contributed by atoms with van der Waals surface area (Å²) in [5.41, 5.74) is 12.9. The van der Waals surface area contributed by atoms with Gasteiger partial charge in [0.25, 0.3) is 0 Å². The maximum Gasteiger partial charge on any atom is 0.243 e. The lowest BCUT2D eigenvalue weighted by atomic mass is 10.0. The standard InChI is InChI=1S/C22H28N6O4.C3H8.C2H6/c1-25-21(31)17(11-14-7-9-26-10-8-14)28-22(32)18(13-19(24)29)27-20(30)12-16(23)15-5-3-2-4-6-15;1-3-2;1-2/h2-10,16-18H,11-13,23H2,1H3,(H2,24,29)(H,25,31)(H,27,30)(H,28,32);3H2,1-2H3;1-2H3/t16?,17-,18-;;/m0../s1. The highest BCUT2D eigenvalue weighted by Gasteiger charge is 2.28. The number of nitrogens with two attached hydrogens (primary N) is 2. The summed E-state index contributed by atoms with van der Waals surface area (Å²) in [5, 5.41) is 7.58. The third kappa shape index (κ3) is 13.8. The molecule has 0 spiro atoms. The lowest BCUT2D eigenvalue weighted by Gasteiger charge is -2.23. The van der Waals surface area contributed by atoms with E-state index in [1.807, 2.05) is 19.9 Å². The Morgan fingerprint density at radius 1 is 0.865 bits per heavy atom. The van der Waals surface area contributed by atoms with Crippen molar-refractivity contribution in [1.82, 2.24) is 20.9 Å². The number of primary amides is 1. The molecule has 0 aliphatic rings. The van der Waals surface area contributed by atoms with Gasteiger partial charge in [-0.2, -0.15) is 0 Å². The van der Waals surface area contributed by atoms with E-state index in [4.69, 9.17) is 11.5 Å². The van der Waals surface area contributed by atoms with Crippen LogP contribution in [0.25, 0.3) is 0 Å². The van der Waals surface area contributed by atoms with E-state index in [-0.39, 0.29) is 12.8 Å². The zero-order chi connectivity index (χ0) is 28.2. The first kappa shape index (κ1) is 33.2. The van der Waals surface area contributed by atoms with Crippen LogP contribution in [-0.4, -0.2) is 47.7 Å². The predicted octanol–water partition coefficient (Wildman–Crippen LogP) is 1.75. The van der Waals surface area contributed by atoms with Gasteiger partial charge in [0.05, 0.1) is 6.42 Å². The van der Waals surface area contributed by atoms with E-state index in [0.717, 1.165) is 11.1 Å². The first-order valence-corrected chi connectivity index (χ1v) is 12.5. The van der Waals surface area contributed by atoms with Gasteiger partial charge in [0.1, 0.15) is 12.1 Å². The Balaban J connectivity index is 0.00000241. The Morgan fingerprint density at radius 3 is 1.95 bits per heavy atom. The van der Waals surface area contributed by atoms with E-state index in [2.05, 4.69) is 34.8 Å². The molecule has 1 heterocycles. The van der Waals surface area contributed by atoms with Crippen LogP contribution in [0.4, 0.5) is 0 Å². The molecule has 1 unspecified atom stereocenters. The van der Waals surface area contributed by atoms with Gasteiger partial charge in [0.2, 0.25) is 23.6 Å². The number of aromatic nitrogens is 1. The van der Waals surface area contributed by atoms with Gasteiger partial charge in [0, 0.05) is 38.3 Å². The van der Waals surface area contributed by atoms with Gasteiger partial charge in [-0.3, -0.25) is 24.2 Å². The molecule has 1 aromatic carbocycles. The normalized spacial score (nSPS) is 12.2. The van der Waals surface area contributed by atoms with Gasteiger partial charge in [-0.25, -0.2) is 0 Å². The molecular formula is C27H42N6O4. The summed E-state index contributed by atoms with van der Waals surface area (Å²) in [6, 6.07) is 9.71. The number of amides is 4. The number of hydrogen-bond donors (Lipinski definition) is 5. The molecule has 0 radical (unpaired) electrons. The second-order valence-corrected chi connectivity index (χ2v) is 7.95. The minimum absolute atomic E-state index is 0.0948. The number of hydrogen-bond acceptors (Lipinski definition) is 6. The van der Waals surface area contributed by atoms with Crippen molar-refractivity contribution in [2.45, 2.75) is 71.5 Å².